The minimum atomic E-state index is -0.755. The fourth-order valence-corrected chi connectivity index (χ4v) is 4.64. The quantitative estimate of drug-likeness (QED) is 0.789. The Morgan fingerprint density at radius 2 is 2.07 bits per heavy atom. The lowest BCUT2D eigenvalue weighted by Gasteiger charge is -2.48. The van der Waals surface area contributed by atoms with E-state index in [0.717, 1.165) is 42.0 Å². The predicted octanol–water partition coefficient (Wildman–Crippen LogP) is 2.60. The highest BCUT2D eigenvalue weighted by Gasteiger charge is 2.53. The molecule has 1 aromatic carbocycles. The fraction of sp³-hybridized carbons (Fsp3) is 0.591. The lowest BCUT2D eigenvalue weighted by molar-refractivity contribution is -0.139. The van der Waals surface area contributed by atoms with Crippen LogP contribution < -0.4 is 14.8 Å². The zero-order valence-corrected chi connectivity index (χ0v) is 17.2. The second-order valence-electron chi connectivity index (χ2n) is 8.35. The van der Waals surface area contributed by atoms with E-state index in [0.29, 0.717) is 12.5 Å². The van der Waals surface area contributed by atoms with Crippen LogP contribution in [-0.2, 0) is 21.5 Å². The molecule has 2 heterocycles. The number of carbonyl (C=O) groups is 1. The number of likely N-dealkylation sites (N-methyl/N-ethyl adjacent to an activating group) is 1. The molecule has 3 aliphatic rings. The van der Waals surface area contributed by atoms with E-state index in [2.05, 4.69) is 31.3 Å². The number of methoxy groups -OCH3 is 1. The molecule has 2 aliphatic heterocycles. The molecule has 1 amide bonds. The lowest BCUT2D eigenvalue weighted by atomic mass is 9.65. The first-order valence-corrected chi connectivity index (χ1v) is 10.1. The number of nitrogens with one attached hydrogen (secondary N) is 1. The Kier molecular flexibility index (Phi) is 5.10. The number of fused-ring (bicyclic) bond motifs is 3. The monoisotopic (exact) mass is 386 g/mol. The fourth-order valence-electron chi connectivity index (χ4n) is 4.64. The molecule has 1 N–H and O–H groups in total. The van der Waals surface area contributed by atoms with Crippen LogP contribution in [0.2, 0.25) is 0 Å². The van der Waals surface area contributed by atoms with Gasteiger partial charge in [0.05, 0.1) is 6.10 Å². The van der Waals surface area contributed by atoms with Crippen molar-refractivity contribution in [2.75, 3.05) is 27.5 Å². The van der Waals surface area contributed by atoms with Crippen molar-refractivity contribution in [3.8, 4) is 11.5 Å². The van der Waals surface area contributed by atoms with E-state index in [1.54, 1.807) is 7.11 Å². The van der Waals surface area contributed by atoms with Crippen LogP contribution in [0.3, 0.4) is 0 Å². The van der Waals surface area contributed by atoms with Gasteiger partial charge in [-0.3, -0.25) is 4.79 Å². The summed E-state index contributed by atoms with van der Waals surface area (Å²) in [4.78, 5) is 15.9. The van der Waals surface area contributed by atoms with Crippen LogP contribution in [0.4, 0.5) is 0 Å². The number of nitrogens with zero attached hydrogens (tertiary/aromatic N) is 1. The van der Waals surface area contributed by atoms with Crippen molar-refractivity contribution in [2.24, 2.45) is 5.92 Å². The first-order chi connectivity index (χ1) is 13.5. The van der Waals surface area contributed by atoms with Gasteiger partial charge in [-0.15, -0.1) is 0 Å². The summed E-state index contributed by atoms with van der Waals surface area (Å²) in [5.74, 6) is 2.19. The van der Waals surface area contributed by atoms with E-state index in [-0.39, 0.29) is 24.8 Å². The molecule has 0 saturated heterocycles. The highest BCUT2D eigenvalue weighted by molar-refractivity contribution is 5.94. The molecule has 0 unspecified atom stereocenters. The zero-order chi connectivity index (χ0) is 19.9. The second kappa shape index (κ2) is 7.41. The van der Waals surface area contributed by atoms with Gasteiger partial charge in [-0.1, -0.05) is 26.0 Å². The van der Waals surface area contributed by atoms with Gasteiger partial charge in [-0.25, -0.2) is 0 Å². The number of rotatable bonds is 5. The van der Waals surface area contributed by atoms with Gasteiger partial charge in [0.25, 0.3) is 0 Å². The highest BCUT2D eigenvalue weighted by atomic mass is 16.7. The Morgan fingerprint density at radius 1 is 1.32 bits per heavy atom. The summed E-state index contributed by atoms with van der Waals surface area (Å²) in [5, 5.41) is 3.40. The lowest BCUT2D eigenvalue weighted by Crippen LogP contribution is -2.61. The molecular weight excluding hydrogens is 356 g/mol. The molecule has 3 atom stereocenters. The molecule has 0 saturated carbocycles. The molecule has 0 bridgehead atoms. The Balaban J connectivity index is 1.84. The Morgan fingerprint density at radius 3 is 2.75 bits per heavy atom. The van der Waals surface area contributed by atoms with E-state index >= 15 is 0 Å². The average molecular weight is 386 g/mol. The Labute approximate surface area is 166 Å². The van der Waals surface area contributed by atoms with E-state index in [1.807, 2.05) is 24.1 Å². The van der Waals surface area contributed by atoms with Crippen LogP contribution in [0.15, 0.2) is 24.3 Å². The highest BCUT2D eigenvalue weighted by Crippen LogP contribution is 2.47. The van der Waals surface area contributed by atoms with Crippen LogP contribution in [0.25, 0.3) is 0 Å². The van der Waals surface area contributed by atoms with E-state index in [1.165, 1.54) is 0 Å². The molecular formula is C22H30N2O4. The molecule has 0 fully saturated rings. The molecule has 1 aliphatic carbocycles. The number of hydrogen-bond acceptors (Lipinski definition) is 5. The third-order valence-electron chi connectivity index (χ3n) is 6.27. The summed E-state index contributed by atoms with van der Waals surface area (Å²) >= 11 is 0. The maximum atomic E-state index is 13.9. The summed E-state index contributed by atoms with van der Waals surface area (Å²) in [5.41, 5.74) is 1.40. The molecule has 1 aromatic rings. The molecule has 0 radical (unpaired) electrons. The van der Waals surface area contributed by atoms with Crippen molar-refractivity contribution >= 4 is 5.91 Å². The van der Waals surface area contributed by atoms with Gasteiger partial charge in [-0.2, -0.15) is 0 Å². The molecule has 28 heavy (non-hydrogen) atoms. The van der Waals surface area contributed by atoms with Gasteiger partial charge in [0.1, 0.15) is 5.41 Å². The van der Waals surface area contributed by atoms with Gasteiger partial charge < -0.3 is 24.4 Å². The zero-order valence-electron chi connectivity index (χ0n) is 17.2. The Hall–Kier alpha value is -2.05. The smallest absolute Gasteiger partial charge is 0.239 e. The number of carbonyl (C=O) groups excluding carboxylic acids is 1. The van der Waals surface area contributed by atoms with E-state index in [9.17, 15) is 4.79 Å². The predicted molar refractivity (Wildman–Crippen MR) is 107 cm³/mol. The third-order valence-corrected chi connectivity index (χ3v) is 6.27. The minimum absolute atomic E-state index is 0.000578. The summed E-state index contributed by atoms with van der Waals surface area (Å²) in [6.07, 6.45) is 5.81. The summed E-state index contributed by atoms with van der Waals surface area (Å²) in [7, 11) is 3.63. The largest absolute Gasteiger partial charge is 0.454 e. The van der Waals surface area contributed by atoms with Gasteiger partial charge in [0.15, 0.2) is 11.5 Å². The first-order valence-electron chi connectivity index (χ1n) is 10.1. The summed E-state index contributed by atoms with van der Waals surface area (Å²) < 4.78 is 16.8. The standard InChI is InChI=1S/C22H30N2O4/c1-14(2)6-8-24-12-15-9-18-19(28-13-27-18)11-17(15)22(21(24)25)7-5-16(26-4)10-20(22)23-3/h5,7,9,11,14,16,20,23H,6,8,10,12-13H2,1-4H3/t16-,20+,22+/m1/s1. The third kappa shape index (κ3) is 2.99. The van der Waals surface area contributed by atoms with Crippen molar-refractivity contribution in [2.45, 2.75) is 50.8 Å². The van der Waals surface area contributed by atoms with Crippen molar-refractivity contribution < 1.29 is 19.0 Å². The van der Waals surface area contributed by atoms with Crippen molar-refractivity contribution in [3.63, 3.8) is 0 Å². The minimum Gasteiger partial charge on any atom is -0.454 e. The number of amides is 1. The summed E-state index contributed by atoms with van der Waals surface area (Å²) in [6.45, 7) is 5.97. The van der Waals surface area contributed by atoms with Crippen molar-refractivity contribution in [1.29, 1.82) is 0 Å². The SMILES string of the molecule is CN[C@H]1C[C@H](OC)C=C[C@@]12C(=O)N(CCC(C)C)Cc1cc3c(cc12)OCO3. The molecule has 6 heteroatoms. The number of benzene rings is 1. The number of hydrogen-bond donors (Lipinski definition) is 1. The normalized spacial score (nSPS) is 28.3. The van der Waals surface area contributed by atoms with Crippen molar-refractivity contribution in [1.82, 2.24) is 10.2 Å². The van der Waals surface area contributed by atoms with Gasteiger partial charge in [0, 0.05) is 26.2 Å². The van der Waals surface area contributed by atoms with Crippen LogP contribution in [0.1, 0.15) is 37.8 Å². The van der Waals surface area contributed by atoms with E-state index in [4.69, 9.17) is 14.2 Å². The van der Waals surface area contributed by atoms with Gasteiger partial charge in [0.2, 0.25) is 12.7 Å². The van der Waals surface area contributed by atoms with Crippen molar-refractivity contribution in [3.05, 3.63) is 35.4 Å². The van der Waals surface area contributed by atoms with Crippen LogP contribution in [-0.4, -0.2) is 50.4 Å². The second-order valence-corrected chi connectivity index (χ2v) is 8.35. The van der Waals surface area contributed by atoms with Crippen LogP contribution >= 0.6 is 0 Å². The Bertz CT molecular complexity index is 791. The van der Waals surface area contributed by atoms with Crippen LogP contribution in [0, 0.1) is 5.92 Å². The molecule has 4 rings (SSSR count). The van der Waals surface area contributed by atoms with E-state index < -0.39 is 5.41 Å². The average Bonchev–Trinajstić information content (AvgIpc) is 3.15. The summed E-state index contributed by atoms with van der Waals surface area (Å²) in [6, 6.07) is 4.00. The van der Waals surface area contributed by atoms with Crippen LogP contribution in [0.5, 0.6) is 11.5 Å². The maximum absolute atomic E-state index is 13.9. The topological polar surface area (TPSA) is 60.0 Å². The molecule has 0 aromatic heterocycles. The van der Waals surface area contributed by atoms with Gasteiger partial charge in [-0.05, 0) is 49.1 Å². The maximum Gasteiger partial charge on any atom is 0.239 e. The van der Waals surface area contributed by atoms with Gasteiger partial charge >= 0.3 is 0 Å². The molecule has 152 valence electrons. The number of ether oxygens (including phenoxy) is 3. The molecule has 1 spiro atoms. The first kappa shape index (κ1) is 19.3. The molecule has 6 nitrogen and oxygen atoms in total.